The molecule has 3 aromatic rings. The molecule has 28 heavy (non-hydrogen) atoms. The fourth-order valence-electron chi connectivity index (χ4n) is 3.56. The maximum absolute atomic E-state index is 9.91. The Morgan fingerprint density at radius 3 is 2.68 bits per heavy atom. The van der Waals surface area contributed by atoms with Crippen molar-refractivity contribution in [1.82, 2.24) is 4.98 Å². The van der Waals surface area contributed by atoms with E-state index in [2.05, 4.69) is 46.3 Å². The van der Waals surface area contributed by atoms with Gasteiger partial charge in [-0.1, -0.05) is 36.4 Å². The van der Waals surface area contributed by atoms with E-state index in [0.29, 0.717) is 11.4 Å². The Morgan fingerprint density at radius 2 is 1.96 bits per heavy atom. The van der Waals surface area contributed by atoms with Crippen LogP contribution in [0.15, 0.2) is 66.9 Å². The number of nitriles is 1. The highest BCUT2D eigenvalue weighted by atomic mass is 16.5. The SMILES string of the molecule is N#Cc1ccc(O[C@H]2CCN(c3ccc(-c4ccccc4)cc3CO)C2)nc1. The van der Waals surface area contributed by atoms with Gasteiger partial charge in [0.25, 0.3) is 0 Å². The summed E-state index contributed by atoms with van der Waals surface area (Å²) in [5.41, 5.74) is 4.71. The molecule has 2 heterocycles. The smallest absolute Gasteiger partial charge is 0.213 e. The van der Waals surface area contributed by atoms with E-state index in [1.807, 2.05) is 18.2 Å². The van der Waals surface area contributed by atoms with Gasteiger partial charge in [-0.2, -0.15) is 5.26 Å². The topological polar surface area (TPSA) is 69.4 Å². The first-order chi connectivity index (χ1) is 13.8. The number of aliphatic hydroxyl groups is 1. The molecule has 1 atom stereocenters. The van der Waals surface area contributed by atoms with Crippen LogP contribution in [0.4, 0.5) is 5.69 Å². The summed E-state index contributed by atoms with van der Waals surface area (Å²) in [7, 11) is 0. The number of anilines is 1. The average Bonchev–Trinajstić information content (AvgIpc) is 3.22. The minimum absolute atomic E-state index is 0.00475. The lowest BCUT2D eigenvalue weighted by atomic mass is 10.0. The van der Waals surface area contributed by atoms with Crippen LogP contribution in [0.1, 0.15) is 17.5 Å². The second kappa shape index (κ2) is 8.12. The van der Waals surface area contributed by atoms with Crippen molar-refractivity contribution < 1.29 is 9.84 Å². The number of rotatable bonds is 5. The van der Waals surface area contributed by atoms with Crippen LogP contribution in [0.5, 0.6) is 5.88 Å². The highest BCUT2D eigenvalue weighted by molar-refractivity contribution is 5.69. The third-order valence-electron chi connectivity index (χ3n) is 5.00. The largest absolute Gasteiger partial charge is 0.472 e. The fourth-order valence-corrected chi connectivity index (χ4v) is 3.56. The first-order valence-electron chi connectivity index (χ1n) is 9.34. The monoisotopic (exact) mass is 371 g/mol. The fraction of sp³-hybridized carbons (Fsp3) is 0.217. The molecule has 0 amide bonds. The van der Waals surface area contributed by atoms with Gasteiger partial charge in [0, 0.05) is 36.5 Å². The molecule has 0 saturated carbocycles. The van der Waals surface area contributed by atoms with Crippen LogP contribution in [0.2, 0.25) is 0 Å². The third kappa shape index (κ3) is 3.83. The lowest BCUT2D eigenvalue weighted by molar-refractivity contribution is 0.216. The summed E-state index contributed by atoms with van der Waals surface area (Å²) >= 11 is 0. The molecule has 0 unspecified atom stereocenters. The van der Waals surface area contributed by atoms with Crippen LogP contribution in [0.25, 0.3) is 11.1 Å². The second-order valence-electron chi connectivity index (χ2n) is 6.84. The van der Waals surface area contributed by atoms with Crippen molar-refractivity contribution in [2.24, 2.45) is 0 Å². The molecule has 5 heteroatoms. The summed E-state index contributed by atoms with van der Waals surface area (Å²) in [6.45, 7) is 1.59. The second-order valence-corrected chi connectivity index (χ2v) is 6.84. The Kier molecular flexibility index (Phi) is 5.22. The summed E-state index contributed by atoms with van der Waals surface area (Å²) in [5, 5.41) is 18.8. The van der Waals surface area contributed by atoms with Crippen molar-refractivity contribution in [3.63, 3.8) is 0 Å². The van der Waals surface area contributed by atoms with Gasteiger partial charge in [-0.15, -0.1) is 0 Å². The van der Waals surface area contributed by atoms with Crippen molar-refractivity contribution in [3.05, 3.63) is 78.0 Å². The zero-order chi connectivity index (χ0) is 19.3. The first kappa shape index (κ1) is 18.0. The molecule has 1 aliphatic heterocycles. The van der Waals surface area contributed by atoms with Gasteiger partial charge in [-0.05, 0) is 29.3 Å². The molecule has 1 aliphatic rings. The summed E-state index contributed by atoms with van der Waals surface area (Å²) in [5.74, 6) is 0.535. The predicted octanol–water partition coefficient (Wildman–Crippen LogP) is 3.77. The van der Waals surface area contributed by atoms with Crippen molar-refractivity contribution >= 4 is 5.69 Å². The lowest BCUT2D eigenvalue weighted by Gasteiger charge is -2.22. The van der Waals surface area contributed by atoms with Gasteiger partial charge in [-0.3, -0.25) is 0 Å². The molecule has 0 aliphatic carbocycles. The molecule has 0 radical (unpaired) electrons. The van der Waals surface area contributed by atoms with Crippen molar-refractivity contribution in [2.45, 2.75) is 19.1 Å². The van der Waals surface area contributed by atoms with Crippen molar-refractivity contribution in [2.75, 3.05) is 18.0 Å². The number of aromatic nitrogens is 1. The Hall–Kier alpha value is -3.36. The lowest BCUT2D eigenvalue weighted by Crippen LogP contribution is -2.25. The molecular formula is C23H21N3O2. The van der Waals surface area contributed by atoms with Crippen LogP contribution >= 0.6 is 0 Å². The molecule has 0 spiro atoms. The van der Waals surface area contributed by atoms with Gasteiger partial charge in [0.05, 0.1) is 18.7 Å². The number of pyridine rings is 1. The molecule has 1 aromatic heterocycles. The Bertz CT molecular complexity index is 981. The van der Waals surface area contributed by atoms with E-state index in [4.69, 9.17) is 10.00 Å². The van der Waals surface area contributed by atoms with Crippen LogP contribution in [0.3, 0.4) is 0 Å². The number of aliphatic hydroxyl groups excluding tert-OH is 1. The van der Waals surface area contributed by atoms with Crippen LogP contribution < -0.4 is 9.64 Å². The Morgan fingerprint density at radius 1 is 1.11 bits per heavy atom. The summed E-state index contributed by atoms with van der Waals surface area (Å²) in [6, 6.07) is 21.9. The summed E-state index contributed by atoms with van der Waals surface area (Å²) < 4.78 is 5.97. The van der Waals surface area contributed by atoms with E-state index in [9.17, 15) is 5.11 Å². The van der Waals surface area contributed by atoms with Crippen LogP contribution in [-0.4, -0.2) is 29.3 Å². The number of nitrogens with zero attached hydrogens (tertiary/aromatic N) is 3. The van der Waals surface area contributed by atoms with Crippen molar-refractivity contribution in [3.8, 4) is 23.1 Å². The Balaban J connectivity index is 1.48. The summed E-state index contributed by atoms with van der Waals surface area (Å²) in [4.78, 5) is 6.43. The minimum Gasteiger partial charge on any atom is -0.472 e. The molecule has 0 bridgehead atoms. The minimum atomic E-state index is -0.00475. The molecule has 140 valence electrons. The van der Waals surface area contributed by atoms with Gasteiger partial charge in [0.15, 0.2) is 0 Å². The average molecular weight is 371 g/mol. The number of hydrogen-bond donors (Lipinski definition) is 1. The number of hydrogen-bond acceptors (Lipinski definition) is 5. The van der Waals surface area contributed by atoms with Gasteiger partial charge < -0.3 is 14.7 Å². The maximum atomic E-state index is 9.91. The van der Waals surface area contributed by atoms with E-state index in [1.165, 1.54) is 6.20 Å². The zero-order valence-electron chi connectivity index (χ0n) is 15.5. The van der Waals surface area contributed by atoms with E-state index >= 15 is 0 Å². The zero-order valence-corrected chi connectivity index (χ0v) is 15.5. The molecule has 1 N–H and O–H groups in total. The molecule has 1 fully saturated rings. The van der Waals surface area contributed by atoms with E-state index in [0.717, 1.165) is 41.9 Å². The predicted molar refractivity (Wildman–Crippen MR) is 108 cm³/mol. The van der Waals surface area contributed by atoms with E-state index < -0.39 is 0 Å². The standard InChI is InChI=1S/C23H21N3O2/c24-13-17-6-9-23(25-14-17)28-21-10-11-26(15-21)22-8-7-19(12-20(22)16-27)18-4-2-1-3-5-18/h1-9,12,14,21,27H,10-11,15-16H2/t21-/m0/s1. The van der Waals surface area contributed by atoms with E-state index in [-0.39, 0.29) is 12.7 Å². The first-order valence-corrected chi connectivity index (χ1v) is 9.34. The van der Waals surface area contributed by atoms with Crippen molar-refractivity contribution in [1.29, 1.82) is 5.26 Å². The summed E-state index contributed by atoms with van der Waals surface area (Å²) in [6.07, 6.45) is 2.43. The molecular weight excluding hydrogens is 350 g/mol. The molecule has 1 saturated heterocycles. The molecule has 2 aromatic carbocycles. The molecule has 4 rings (SSSR count). The number of ether oxygens (including phenoxy) is 1. The van der Waals surface area contributed by atoms with Gasteiger partial charge in [0.2, 0.25) is 5.88 Å². The van der Waals surface area contributed by atoms with Gasteiger partial charge in [0.1, 0.15) is 12.2 Å². The normalized spacial score (nSPS) is 16.0. The maximum Gasteiger partial charge on any atom is 0.213 e. The highest BCUT2D eigenvalue weighted by Gasteiger charge is 2.26. The van der Waals surface area contributed by atoms with Crippen LogP contribution in [-0.2, 0) is 6.61 Å². The quantitative estimate of drug-likeness (QED) is 0.739. The third-order valence-corrected chi connectivity index (χ3v) is 5.00. The van der Waals surface area contributed by atoms with Crippen LogP contribution in [0, 0.1) is 11.3 Å². The molecule has 5 nitrogen and oxygen atoms in total. The van der Waals surface area contributed by atoms with Gasteiger partial charge in [-0.25, -0.2) is 4.98 Å². The van der Waals surface area contributed by atoms with Gasteiger partial charge >= 0.3 is 0 Å². The highest BCUT2D eigenvalue weighted by Crippen LogP contribution is 2.30. The Labute approximate surface area is 164 Å². The number of benzene rings is 2. The van der Waals surface area contributed by atoms with E-state index in [1.54, 1.807) is 12.1 Å².